The van der Waals surface area contributed by atoms with E-state index in [1.165, 1.54) is 6.42 Å². The third kappa shape index (κ3) is 6.13. The van der Waals surface area contributed by atoms with Gasteiger partial charge in [0.05, 0.1) is 18.8 Å². The fourth-order valence-corrected chi connectivity index (χ4v) is 3.29. The molecule has 0 unspecified atom stereocenters. The number of likely N-dealkylation sites (tertiary alicyclic amines) is 1. The summed E-state index contributed by atoms with van der Waals surface area (Å²) in [5, 5.41) is 5.48. The highest BCUT2D eigenvalue weighted by Gasteiger charge is 2.24. The van der Waals surface area contributed by atoms with Crippen LogP contribution in [0.2, 0.25) is 0 Å². The minimum atomic E-state index is -0.336. The number of nitrogens with zero attached hydrogens (tertiary/aromatic N) is 1. The first-order valence-corrected chi connectivity index (χ1v) is 9.71. The summed E-state index contributed by atoms with van der Waals surface area (Å²) in [5.74, 6) is 0.895. The molecule has 1 atom stereocenters. The summed E-state index contributed by atoms with van der Waals surface area (Å²) in [6.45, 7) is 2.23. The maximum absolute atomic E-state index is 12.2. The fraction of sp³-hybridized carbons (Fsp3) is 0.429. The van der Waals surface area contributed by atoms with Crippen molar-refractivity contribution in [3.05, 3.63) is 54.5 Å². The number of hydrogen-bond acceptors (Lipinski definition) is 5. The Morgan fingerprint density at radius 1 is 1.00 bits per heavy atom. The molecule has 0 bridgehead atoms. The zero-order valence-corrected chi connectivity index (χ0v) is 15.9. The number of nitrogens with one attached hydrogen (secondary N) is 2. The molecule has 0 radical (unpaired) electrons. The lowest BCUT2D eigenvalue weighted by atomic mass is 10.1. The first-order chi connectivity index (χ1) is 13.7. The van der Waals surface area contributed by atoms with Crippen LogP contribution < -0.4 is 15.4 Å². The van der Waals surface area contributed by atoms with Gasteiger partial charge in [0.1, 0.15) is 11.5 Å². The minimum absolute atomic E-state index is 0.0105. The van der Waals surface area contributed by atoms with Gasteiger partial charge in [-0.15, -0.1) is 0 Å². The minimum Gasteiger partial charge on any atom is -0.484 e. The second-order valence-electron chi connectivity index (χ2n) is 6.81. The molecule has 2 amide bonds. The van der Waals surface area contributed by atoms with E-state index in [1.807, 2.05) is 30.3 Å². The monoisotopic (exact) mass is 385 g/mol. The molecule has 1 aliphatic heterocycles. The van der Waals surface area contributed by atoms with Crippen molar-refractivity contribution >= 4 is 11.8 Å². The van der Waals surface area contributed by atoms with E-state index in [-0.39, 0.29) is 31.0 Å². The quantitative estimate of drug-likeness (QED) is 0.691. The van der Waals surface area contributed by atoms with Gasteiger partial charge < -0.3 is 19.8 Å². The lowest BCUT2D eigenvalue weighted by molar-refractivity contribution is -0.127. The van der Waals surface area contributed by atoms with Crippen LogP contribution in [0.1, 0.15) is 31.1 Å². The summed E-state index contributed by atoms with van der Waals surface area (Å²) >= 11 is 0. The molecule has 2 aromatic rings. The molecule has 2 heterocycles. The average molecular weight is 385 g/mol. The van der Waals surface area contributed by atoms with Crippen molar-refractivity contribution < 1.29 is 18.7 Å². The molecule has 1 aromatic heterocycles. The van der Waals surface area contributed by atoms with Gasteiger partial charge in [-0.2, -0.15) is 0 Å². The van der Waals surface area contributed by atoms with Gasteiger partial charge in [0.2, 0.25) is 5.91 Å². The second kappa shape index (κ2) is 10.5. The number of para-hydroxylation sites is 1. The van der Waals surface area contributed by atoms with Gasteiger partial charge in [-0.05, 0) is 50.2 Å². The zero-order chi connectivity index (χ0) is 19.6. The van der Waals surface area contributed by atoms with E-state index in [2.05, 4.69) is 15.5 Å². The average Bonchev–Trinajstić information content (AvgIpc) is 3.27. The van der Waals surface area contributed by atoms with Crippen LogP contribution >= 0.6 is 0 Å². The summed E-state index contributed by atoms with van der Waals surface area (Å²) in [6.07, 6.45) is 5.21. The normalized spacial score (nSPS) is 15.6. The smallest absolute Gasteiger partial charge is 0.258 e. The van der Waals surface area contributed by atoms with Gasteiger partial charge in [-0.3, -0.25) is 14.5 Å². The first kappa shape index (κ1) is 19.9. The van der Waals surface area contributed by atoms with E-state index in [0.717, 1.165) is 31.7 Å². The highest BCUT2D eigenvalue weighted by atomic mass is 16.5. The summed E-state index contributed by atoms with van der Waals surface area (Å²) in [6, 6.07) is 12.9. The summed E-state index contributed by atoms with van der Waals surface area (Å²) in [4.78, 5) is 26.4. The van der Waals surface area contributed by atoms with Crippen LogP contribution in [0.15, 0.2) is 53.1 Å². The van der Waals surface area contributed by atoms with Crippen molar-refractivity contribution in [2.24, 2.45) is 0 Å². The molecule has 1 fully saturated rings. The molecule has 150 valence electrons. The van der Waals surface area contributed by atoms with Crippen molar-refractivity contribution in [3.8, 4) is 5.75 Å². The van der Waals surface area contributed by atoms with Crippen LogP contribution in [0.5, 0.6) is 5.75 Å². The molecule has 3 rings (SSSR count). The molecule has 1 saturated heterocycles. The topological polar surface area (TPSA) is 83.8 Å². The number of hydrogen-bond donors (Lipinski definition) is 2. The lowest BCUT2D eigenvalue weighted by Crippen LogP contribution is -2.44. The van der Waals surface area contributed by atoms with Gasteiger partial charge in [0.25, 0.3) is 5.91 Å². The van der Waals surface area contributed by atoms with E-state index in [1.54, 1.807) is 18.4 Å². The summed E-state index contributed by atoms with van der Waals surface area (Å²) in [5.41, 5.74) is 0. The Morgan fingerprint density at radius 3 is 2.50 bits per heavy atom. The lowest BCUT2D eigenvalue weighted by Gasteiger charge is -2.33. The summed E-state index contributed by atoms with van der Waals surface area (Å²) < 4.78 is 10.9. The predicted molar refractivity (Wildman–Crippen MR) is 105 cm³/mol. The standard InChI is InChI=1S/C21H27N3O4/c25-20(15-23-21(26)16-28-17-8-3-1-4-9-17)22-14-18(19-10-7-13-27-19)24-11-5-2-6-12-24/h1,3-4,7-10,13,18H,2,5-6,11-12,14-16H2,(H,22,25)(H,23,26)/t18-/m1/s1. The third-order valence-corrected chi connectivity index (χ3v) is 4.75. The van der Waals surface area contributed by atoms with Crippen molar-refractivity contribution in [3.63, 3.8) is 0 Å². The molecule has 2 N–H and O–H groups in total. The number of piperidine rings is 1. The molecule has 28 heavy (non-hydrogen) atoms. The van der Waals surface area contributed by atoms with Crippen molar-refractivity contribution in [1.82, 2.24) is 15.5 Å². The first-order valence-electron chi connectivity index (χ1n) is 9.71. The van der Waals surface area contributed by atoms with Gasteiger partial charge >= 0.3 is 0 Å². The number of amides is 2. The van der Waals surface area contributed by atoms with E-state index < -0.39 is 0 Å². The molecule has 0 saturated carbocycles. The highest BCUT2D eigenvalue weighted by molar-refractivity contribution is 5.85. The van der Waals surface area contributed by atoms with E-state index in [4.69, 9.17) is 9.15 Å². The van der Waals surface area contributed by atoms with Crippen LogP contribution in [-0.4, -0.2) is 49.5 Å². The molecular weight excluding hydrogens is 358 g/mol. The number of carbonyl (C=O) groups is 2. The maximum Gasteiger partial charge on any atom is 0.258 e. The Kier molecular flexibility index (Phi) is 7.49. The largest absolute Gasteiger partial charge is 0.484 e. The number of furan rings is 1. The zero-order valence-electron chi connectivity index (χ0n) is 15.9. The number of ether oxygens (including phenoxy) is 1. The Hall–Kier alpha value is -2.80. The number of benzene rings is 1. The van der Waals surface area contributed by atoms with Crippen LogP contribution in [0.25, 0.3) is 0 Å². The highest BCUT2D eigenvalue weighted by Crippen LogP contribution is 2.24. The Bertz CT molecular complexity index is 727. The van der Waals surface area contributed by atoms with Crippen LogP contribution in [-0.2, 0) is 9.59 Å². The molecule has 1 aromatic carbocycles. The molecule has 7 heteroatoms. The SMILES string of the molecule is O=C(CNC(=O)COc1ccccc1)NC[C@H](c1ccco1)N1CCCCC1. The van der Waals surface area contributed by atoms with Crippen LogP contribution in [0, 0.1) is 0 Å². The Labute approximate surface area is 165 Å². The van der Waals surface area contributed by atoms with E-state index in [0.29, 0.717) is 12.3 Å². The van der Waals surface area contributed by atoms with Crippen LogP contribution in [0.4, 0.5) is 0 Å². The molecule has 0 spiro atoms. The van der Waals surface area contributed by atoms with Gasteiger partial charge in [-0.1, -0.05) is 24.6 Å². The summed E-state index contributed by atoms with van der Waals surface area (Å²) in [7, 11) is 0. The third-order valence-electron chi connectivity index (χ3n) is 4.75. The van der Waals surface area contributed by atoms with Crippen molar-refractivity contribution in [2.45, 2.75) is 25.3 Å². The molecular formula is C21H27N3O4. The van der Waals surface area contributed by atoms with E-state index in [9.17, 15) is 9.59 Å². The molecule has 1 aliphatic rings. The number of rotatable bonds is 9. The van der Waals surface area contributed by atoms with Crippen LogP contribution in [0.3, 0.4) is 0 Å². The molecule has 7 nitrogen and oxygen atoms in total. The predicted octanol–water partition coefficient (Wildman–Crippen LogP) is 2.12. The van der Waals surface area contributed by atoms with Gasteiger partial charge in [-0.25, -0.2) is 0 Å². The van der Waals surface area contributed by atoms with Crippen molar-refractivity contribution in [2.75, 3.05) is 32.8 Å². The van der Waals surface area contributed by atoms with E-state index >= 15 is 0 Å². The number of carbonyl (C=O) groups excluding carboxylic acids is 2. The molecule has 0 aliphatic carbocycles. The van der Waals surface area contributed by atoms with Gasteiger partial charge in [0, 0.05) is 6.54 Å². The van der Waals surface area contributed by atoms with Gasteiger partial charge in [0.15, 0.2) is 6.61 Å². The Balaban J connectivity index is 1.41. The maximum atomic E-state index is 12.2. The second-order valence-corrected chi connectivity index (χ2v) is 6.81. The fourth-order valence-electron chi connectivity index (χ4n) is 3.29. The van der Waals surface area contributed by atoms with Crippen molar-refractivity contribution in [1.29, 1.82) is 0 Å². The Morgan fingerprint density at radius 2 is 1.79 bits per heavy atom.